The lowest BCUT2D eigenvalue weighted by molar-refractivity contribution is 0.104. The molecule has 0 aliphatic heterocycles. The number of urea groups is 1. The highest BCUT2D eigenvalue weighted by atomic mass is 32.1. The van der Waals surface area contributed by atoms with E-state index in [-0.39, 0.29) is 12.1 Å². The zero-order chi connectivity index (χ0) is 15.8. The fraction of sp³-hybridized carbons (Fsp3) is 0.312. The Morgan fingerprint density at radius 3 is 2.77 bits per heavy atom. The maximum Gasteiger partial charge on any atom is 0.315 e. The smallest absolute Gasteiger partial charge is 0.315 e. The predicted molar refractivity (Wildman–Crippen MR) is 87.3 cm³/mol. The molecule has 0 radical (unpaired) electrons. The number of nitrogens with one attached hydrogen (secondary N) is 2. The third-order valence-corrected chi connectivity index (χ3v) is 4.08. The van der Waals surface area contributed by atoms with Crippen LogP contribution in [0.25, 0.3) is 0 Å². The van der Waals surface area contributed by atoms with E-state index >= 15 is 0 Å². The summed E-state index contributed by atoms with van der Waals surface area (Å²) in [6.07, 6.45) is -0.220. The molecule has 1 aromatic carbocycles. The fourth-order valence-corrected chi connectivity index (χ4v) is 2.65. The Kier molecular flexibility index (Phi) is 6.24. The van der Waals surface area contributed by atoms with Gasteiger partial charge in [0, 0.05) is 18.5 Å². The van der Waals surface area contributed by atoms with Gasteiger partial charge in [-0.2, -0.15) is 0 Å². The number of methoxy groups -OCH3 is 2. The van der Waals surface area contributed by atoms with E-state index in [0.29, 0.717) is 13.1 Å². The van der Waals surface area contributed by atoms with Crippen LogP contribution in [0.5, 0.6) is 5.75 Å². The minimum Gasteiger partial charge on any atom is -0.497 e. The van der Waals surface area contributed by atoms with Gasteiger partial charge in [-0.3, -0.25) is 0 Å². The Bertz CT molecular complexity index is 587. The Balaban J connectivity index is 1.83. The van der Waals surface area contributed by atoms with Gasteiger partial charge in [0.05, 0.1) is 19.8 Å². The van der Waals surface area contributed by atoms with Gasteiger partial charge in [-0.25, -0.2) is 4.79 Å². The fourth-order valence-electron chi connectivity index (χ4n) is 2.01. The van der Waals surface area contributed by atoms with Crippen molar-refractivity contribution in [2.24, 2.45) is 0 Å². The van der Waals surface area contributed by atoms with Crippen molar-refractivity contribution < 1.29 is 14.3 Å². The molecule has 1 atom stereocenters. The molecule has 0 unspecified atom stereocenters. The van der Waals surface area contributed by atoms with Crippen molar-refractivity contribution in [2.75, 3.05) is 20.8 Å². The number of hydrogen-bond acceptors (Lipinski definition) is 4. The maximum absolute atomic E-state index is 11.8. The highest BCUT2D eigenvalue weighted by Crippen LogP contribution is 2.20. The van der Waals surface area contributed by atoms with Crippen molar-refractivity contribution in [1.29, 1.82) is 0 Å². The van der Waals surface area contributed by atoms with Gasteiger partial charge >= 0.3 is 6.03 Å². The first-order chi connectivity index (χ1) is 10.7. The second-order valence-electron chi connectivity index (χ2n) is 4.64. The standard InChI is InChI=1S/C16H20N2O3S/c1-20-13-6-3-5-12(9-13)15(21-2)11-18-16(19)17-10-14-7-4-8-22-14/h3-9,15H,10-11H2,1-2H3,(H2,17,18,19)/t15-/m0/s1. The molecule has 6 heteroatoms. The minimum absolute atomic E-state index is 0.210. The lowest BCUT2D eigenvalue weighted by Crippen LogP contribution is -2.37. The molecule has 118 valence electrons. The number of rotatable bonds is 7. The van der Waals surface area contributed by atoms with E-state index in [1.54, 1.807) is 25.6 Å². The molecule has 2 N–H and O–H groups in total. The van der Waals surface area contributed by atoms with Gasteiger partial charge in [-0.15, -0.1) is 11.3 Å². The van der Waals surface area contributed by atoms with Crippen LogP contribution in [0.3, 0.4) is 0 Å². The van der Waals surface area contributed by atoms with Crippen molar-refractivity contribution in [2.45, 2.75) is 12.6 Å². The number of ether oxygens (including phenoxy) is 2. The first kappa shape index (κ1) is 16.3. The Hall–Kier alpha value is -2.05. The molecule has 0 fully saturated rings. The van der Waals surface area contributed by atoms with Crippen LogP contribution in [0.1, 0.15) is 16.5 Å². The number of benzene rings is 1. The Labute approximate surface area is 134 Å². The van der Waals surface area contributed by atoms with Gasteiger partial charge in [0.25, 0.3) is 0 Å². The summed E-state index contributed by atoms with van der Waals surface area (Å²) in [4.78, 5) is 12.9. The average Bonchev–Trinajstić information content (AvgIpc) is 3.07. The zero-order valence-corrected chi connectivity index (χ0v) is 13.5. The summed E-state index contributed by atoms with van der Waals surface area (Å²) < 4.78 is 10.6. The first-order valence-corrected chi connectivity index (χ1v) is 7.81. The van der Waals surface area contributed by atoms with Gasteiger partial charge in [-0.05, 0) is 29.1 Å². The summed E-state index contributed by atoms with van der Waals surface area (Å²) in [5, 5.41) is 7.62. The van der Waals surface area contributed by atoms with Crippen LogP contribution in [-0.2, 0) is 11.3 Å². The third-order valence-electron chi connectivity index (χ3n) is 3.20. The van der Waals surface area contributed by atoms with E-state index < -0.39 is 0 Å². The molecule has 0 saturated heterocycles. The molecule has 1 aromatic heterocycles. The van der Waals surface area contributed by atoms with Gasteiger partial charge in [0.15, 0.2) is 0 Å². The molecule has 2 amide bonds. The largest absolute Gasteiger partial charge is 0.497 e. The van der Waals surface area contributed by atoms with Gasteiger partial charge in [-0.1, -0.05) is 18.2 Å². The van der Waals surface area contributed by atoms with Crippen molar-refractivity contribution in [3.8, 4) is 5.75 Å². The second-order valence-corrected chi connectivity index (χ2v) is 5.68. The second kappa shape index (κ2) is 8.41. The SMILES string of the molecule is COc1cccc([C@H](CNC(=O)NCc2cccs2)OC)c1. The van der Waals surface area contributed by atoms with E-state index in [0.717, 1.165) is 16.2 Å². The monoisotopic (exact) mass is 320 g/mol. The van der Waals surface area contributed by atoms with Crippen LogP contribution >= 0.6 is 11.3 Å². The van der Waals surface area contributed by atoms with Crippen LogP contribution in [-0.4, -0.2) is 26.8 Å². The molecular formula is C16H20N2O3S. The molecule has 1 heterocycles. The summed E-state index contributed by atoms with van der Waals surface area (Å²) in [5.41, 5.74) is 0.959. The topological polar surface area (TPSA) is 59.6 Å². The first-order valence-electron chi connectivity index (χ1n) is 6.93. The van der Waals surface area contributed by atoms with Gasteiger partial charge in [0.1, 0.15) is 5.75 Å². The maximum atomic E-state index is 11.8. The molecule has 0 aliphatic rings. The van der Waals surface area contributed by atoms with E-state index in [4.69, 9.17) is 9.47 Å². The number of amides is 2. The van der Waals surface area contributed by atoms with Crippen molar-refractivity contribution in [1.82, 2.24) is 10.6 Å². The number of carbonyl (C=O) groups excluding carboxylic acids is 1. The summed E-state index contributed by atoms with van der Waals surface area (Å²) in [7, 11) is 3.24. The molecule has 22 heavy (non-hydrogen) atoms. The minimum atomic E-state index is -0.220. The summed E-state index contributed by atoms with van der Waals surface area (Å²) in [5.74, 6) is 0.765. The molecule has 0 saturated carbocycles. The molecular weight excluding hydrogens is 300 g/mol. The Morgan fingerprint density at radius 1 is 1.23 bits per heavy atom. The third kappa shape index (κ3) is 4.75. The van der Waals surface area contributed by atoms with Crippen LogP contribution in [0.4, 0.5) is 4.79 Å². The van der Waals surface area contributed by atoms with Crippen molar-refractivity contribution >= 4 is 17.4 Å². The van der Waals surface area contributed by atoms with Crippen molar-refractivity contribution in [3.63, 3.8) is 0 Å². The normalized spacial score (nSPS) is 11.7. The van der Waals surface area contributed by atoms with Crippen LogP contribution in [0.15, 0.2) is 41.8 Å². The van der Waals surface area contributed by atoms with Crippen molar-refractivity contribution in [3.05, 3.63) is 52.2 Å². The van der Waals surface area contributed by atoms with E-state index in [1.165, 1.54) is 0 Å². The Morgan fingerprint density at radius 2 is 2.09 bits per heavy atom. The number of hydrogen-bond donors (Lipinski definition) is 2. The average molecular weight is 320 g/mol. The lowest BCUT2D eigenvalue weighted by Gasteiger charge is -2.17. The summed E-state index contributed by atoms with van der Waals surface area (Å²) in [6.45, 7) is 0.917. The van der Waals surface area contributed by atoms with E-state index in [9.17, 15) is 4.79 Å². The van der Waals surface area contributed by atoms with Crippen LogP contribution < -0.4 is 15.4 Å². The van der Waals surface area contributed by atoms with Gasteiger partial charge < -0.3 is 20.1 Å². The molecule has 2 rings (SSSR count). The summed E-state index contributed by atoms with van der Waals surface area (Å²) in [6, 6.07) is 11.4. The molecule has 0 aliphatic carbocycles. The van der Waals surface area contributed by atoms with Crippen LogP contribution in [0, 0.1) is 0 Å². The zero-order valence-electron chi connectivity index (χ0n) is 12.7. The van der Waals surface area contributed by atoms with E-state index in [2.05, 4.69) is 10.6 Å². The summed E-state index contributed by atoms with van der Waals surface area (Å²) >= 11 is 1.61. The highest BCUT2D eigenvalue weighted by Gasteiger charge is 2.12. The lowest BCUT2D eigenvalue weighted by atomic mass is 10.1. The van der Waals surface area contributed by atoms with Gasteiger partial charge in [0.2, 0.25) is 0 Å². The molecule has 0 bridgehead atoms. The quantitative estimate of drug-likeness (QED) is 0.824. The molecule has 2 aromatic rings. The van der Waals surface area contributed by atoms with E-state index in [1.807, 2.05) is 41.8 Å². The number of thiophene rings is 1. The molecule has 5 nitrogen and oxygen atoms in total. The van der Waals surface area contributed by atoms with Crippen LogP contribution in [0.2, 0.25) is 0 Å². The molecule has 0 spiro atoms. The highest BCUT2D eigenvalue weighted by molar-refractivity contribution is 7.09. The predicted octanol–water partition coefficient (Wildman–Crippen LogP) is 2.94. The number of carbonyl (C=O) groups is 1.